The molecule has 0 spiro atoms. The van der Waals surface area contributed by atoms with Crippen molar-refractivity contribution in [3.05, 3.63) is 69.2 Å². The molecule has 19 heavy (non-hydrogen) atoms. The van der Waals surface area contributed by atoms with E-state index in [1.807, 2.05) is 30.3 Å². The van der Waals surface area contributed by atoms with Gasteiger partial charge in [-0.25, -0.2) is 0 Å². The molecule has 0 atom stereocenters. The molecule has 0 aliphatic heterocycles. The number of amides is 1. The minimum Gasteiger partial charge on any atom is -0.352 e. The number of carbonyl (C=O) groups excluding carboxylic acids is 1. The SMILES string of the molecule is O=C(NCCc1ccccc1)c1ccc(Br)c(Cl)c1. The van der Waals surface area contributed by atoms with Crippen molar-refractivity contribution in [3.8, 4) is 0 Å². The minimum atomic E-state index is -0.106. The second-order valence-corrected chi connectivity index (χ2v) is 5.38. The number of rotatable bonds is 4. The van der Waals surface area contributed by atoms with E-state index in [1.54, 1.807) is 18.2 Å². The molecule has 0 saturated heterocycles. The topological polar surface area (TPSA) is 29.1 Å². The van der Waals surface area contributed by atoms with Gasteiger partial charge in [0.1, 0.15) is 0 Å². The molecule has 4 heteroatoms. The highest BCUT2D eigenvalue weighted by Gasteiger charge is 2.07. The molecule has 2 rings (SSSR count). The van der Waals surface area contributed by atoms with Gasteiger partial charge in [0.15, 0.2) is 0 Å². The Kier molecular flexibility index (Phi) is 5.00. The second-order valence-electron chi connectivity index (χ2n) is 4.12. The Balaban J connectivity index is 1.89. The monoisotopic (exact) mass is 337 g/mol. The van der Waals surface area contributed by atoms with E-state index in [9.17, 15) is 4.79 Å². The first-order valence-corrected chi connectivity index (χ1v) is 7.11. The quantitative estimate of drug-likeness (QED) is 0.894. The van der Waals surface area contributed by atoms with Crippen molar-refractivity contribution in [2.75, 3.05) is 6.54 Å². The normalized spacial score (nSPS) is 10.2. The smallest absolute Gasteiger partial charge is 0.251 e. The fourth-order valence-corrected chi connectivity index (χ4v) is 2.13. The molecule has 2 nitrogen and oxygen atoms in total. The summed E-state index contributed by atoms with van der Waals surface area (Å²) in [5, 5.41) is 3.42. The number of halogens is 2. The molecule has 0 aromatic heterocycles. The van der Waals surface area contributed by atoms with E-state index in [-0.39, 0.29) is 5.91 Å². The summed E-state index contributed by atoms with van der Waals surface area (Å²) < 4.78 is 0.787. The zero-order chi connectivity index (χ0) is 13.7. The minimum absolute atomic E-state index is 0.106. The van der Waals surface area contributed by atoms with E-state index in [0.29, 0.717) is 17.1 Å². The van der Waals surface area contributed by atoms with E-state index in [2.05, 4.69) is 21.2 Å². The van der Waals surface area contributed by atoms with Crippen molar-refractivity contribution in [1.82, 2.24) is 5.32 Å². The maximum atomic E-state index is 11.9. The lowest BCUT2D eigenvalue weighted by Crippen LogP contribution is -2.25. The largest absolute Gasteiger partial charge is 0.352 e. The highest BCUT2D eigenvalue weighted by Crippen LogP contribution is 2.23. The molecule has 2 aromatic carbocycles. The summed E-state index contributed by atoms with van der Waals surface area (Å²) in [6.45, 7) is 0.608. The standard InChI is InChI=1S/C15H13BrClNO/c16-13-7-6-12(10-14(13)17)15(19)18-9-8-11-4-2-1-3-5-11/h1-7,10H,8-9H2,(H,18,19). The molecule has 0 radical (unpaired) electrons. The van der Waals surface area contributed by atoms with Crippen LogP contribution in [0.4, 0.5) is 0 Å². The highest BCUT2D eigenvalue weighted by molar-refractivity contribution is 9.10. The number of benzene rings is 2. The third-order valence-electron chi connectivity index (χ3n) is 2.72. The molecule has 0 unspecified atom stereocenters. The Bertz CT molecular complexity index is 572. The van der Waals surface area contributed by atoms with Gasteiger partial charge in [0, 0.05) is 16.6 Å². The van der Waals surface area contributed by atoms with Crippen molar-refractivity contribution in [2.45, 2.75) is 6.42 Å². The Morgan fingerprint density at radius 3 is 2.58 bits per heavy atom. The second kappa shape index (κ2) is 6.73. The van der Waals surface area contributed by atoms with Crippen LogP contribution in [0.2, 0.25) is 5.02 Å². The van der Waals surface area contributed by atoms with Crippen LogP contribution in [0.1, 0.15) is 15.9 Å². The third kappa shape index (κ3) is 4.08. The number of hydrogen-bond donors (Lipinski definition) is 1. The summed E-state index contributed by atoms with van der Waals surface area (Å²) in [6, 6.07) is 15.2. The average Bonchev–Trinajstić information content (AvgIpc) is 2.43. The van der Waals surface area contributed by atoms with Gasteiger partial charge in [-0.3, -0.25) is 4.79 Å². The van der Waals surface area contributed by atoms with Gasteiger partial charge in [0.2, 0.25) is 0 Å². The zero-order valence-corrected chi connectivity index (χ0v) is 12.5. The fourth-order valence-electron chi connectivity index (χ4n) is 1.70. The predicted octanol–water partition coefficient (Wildman–Crippen LogP) is 4.08. The summed E-state index contributed by atoms with van der Waals surface area (Å²) in [5.74, 6) is -0.106. The van der Waals surface area contributed by atoms with Crippen molar-refractivity contribution in [2.24, 2.45) is 0 Å². The third-order valence-corrected chi connectivity index (χ3v) is 3.96. The Morgan fingerprint density at radius 1 is 1.16 bits per heavy atom. The van der Waals surface area contributed by atoms with Gasteiger partial charge < -0.3 is 5.32 Å². The Morgan fingerprint density at radius 2 is 1.89 bits per heavy atom. The zero-order valence-electron chi connectivity index (χ0n) is 10.2. The lowest BCUT2D eigenvalue weighted by atomic mass is 10.1. The molecule has 0 heterocycles. The van der Waals surface area contributed by atoms with Gasteiger partial charge in [-0.05, 0) is 46.1 Å². The fraction of sp³-hybridized carbons (Fsp3) is 0.133. The summed E-state index contributed by atoms with van der Waals surface area (Å²) in [5.41, 5.74) is 1.78. The van der Waals surface area contributed by atoms with Crippen molar-refractivity contribution >= 4 is 33.4 Å². The predicted molar refractivity (Wildman–Crippen MR) is 81.6 cm³/mol. The molecule has 0 aliphatic rings. The summed E-state index contributed by atoms with van der Waals surface area (Å²) >= 11 is 9.26. The number of carbonyl (C=O) groups is 1. The van der Waals surface area contributed by atoms with Crippen molar-refractivity contribution in [3.63, 3.8) is 0 Å². The molecule has 1 amide bonds. The molecular formula is C15H13BrClNO. The first-order valence-electron chi connectivity index (χ1n) is 5.94. The summed E-state index contributed by atoms with van der Waals surface area (Å²) in [6.07, 6.45) is 0.816. The van der Waals surface area contributed by atoms with Crippen LogP contribution in [0.5, 0.6) is 0 Å². The van der Waals surface area contributed by atoms with Crippen LogP contribution < -0.4 is 5.32 Å². The molecule has 0 aliphatic carbocycles. The van der Waals surface area contributed by atoms with E-state index in [1.165, 1.54) is 5.56 Å². The van der Waals surface area contributed by atoms with Gasteiger partial charge in [0.25, 0.3) is 5.91 Å². The van der Waals surface area contributed by atoms with Crippen molar-refractivity contribution < 1.29 is 4.79 Å². The van der Waals surface area contributed by atoms with Gasteiger partial charge in [0.05, 0.1) is 5.02 Å². The number of hydrogen-bond acceptors (Lipinski definition) is 1. The molecule has 2 aromatic rings. The Labute approximate surface area is 125 Å². The number of nitrogens with one attached hydrogen (secondary N) is 1. The van der Waals surface area contributed by atoms with Crippen LogP contribution >= 0.6 is 27.5 Å². The Hall–Kier alpha value is -1.32. The van der Waals surface area contributed by atoms with E-state index in [0.717, 1.165) is 10.9 Å². The molecule has 1 N–H and O–H groups in total. The maximum Gasteiger partial charge on any atom is 0.251 e. The molecule has 0 saturated carbocycles. The van der Waals surface area contributed by atoms with E-state index in [4.69, 9.17) is 11.6 Å². The molecular weight excluding hydrogens is 326 g/mol. The lowest BCUT2D eigenvalue weighted by Gasteiger charge is -2.06. The highest BCUT2D eigenvalue weighted by atomic mass is 79.9. The van der Waals surface area contributed by atoms with Gasteiger partial charge in [-0.2, -0.15) is 0 Å². The van der Waals surface area contributed by atoms with Crippen LogP contribution in [0, 0.1) is 0 Å². The summed E-state index contributed by atoms with van der Waals surface area (Å²) in [4.78, 5) is 11.9. The molecule has 0 fully saturated rings. The van der Waals surface area contributed by atoms with Gasteiger partial charge >= 0.3 is 0 Å². The lowest BCUT2D eigenvalue weighted by molar-refractivity contribution is 0.0954. The van der Waals surface area contributed by atoms with Gasteiger partial charge in [-0.1, -0.05) is 41.9 Å². The van der Waals surface area contributed by atoms with Crippen LogP contribution in [-0.4, -0.2) is 12.5 Å². The first kappa shape index (κ1) is 14.1. The first-order chi connectivity index (χ1) is 9.16. The van der Waals surface area contributed by atoms with Crippen LogP contribution in [0.15, 0.2) is 53.0 Å². The molecule has 98 valence electrons. The van der Waals surface area contributed by atoms with Crippen LogP contribution in [0.25, 0.3) is 0 Å². The van der Waals surface area contributed by atoms with Crippen LogP contribution in [-0.2, 0) is 6.42 Å². The molecule has 0 bridgehead atoms. The maximum absolute atomic E-state index is 11.9. The van der Waals surface area contributed by atoms with Gasteiger partial charge in [-0.15, -0.1) is 0 Å². The van der Waals surface area contributed by atoms with Crippen LogP contribution in [0.3, 0.4) is 0 Å². The van der Waals surface area contributed by atoms with Crippen molar-refractivity contribution in [1.29, 1.82) is 0 Å². The average molecular weight is 339 g/mol. The van der Waals surface area contributed by atoms with E-state index < -0.39 is 0 Å². The van der Waals surface area contributed by atoms with E-state index >= 15 is 0 Å². The summed E-state index contributed by atoms with van der Waals surface area (Å²) in [7, 11) is 0.